The molecule has 1 aromatic heterocycles. The van der Waals surface area contributed by atoms with Crippen LogP contribution in [0.25, 0.3) is 11.4 Å². The Morgan fingerprint density at radius 3 is 2.67 bits per heavy atom. The summed E-state index contributed by atoms with van der Waals surface area (Å²) in [6.45, 7) is 2.94. The Bertz CT molecular complexity index is 484. The molecule has 2 rings (SSSR count). The van der Waals surface area contributed by atoms with Crippen molar-refractivity contribution in [2.75, 3.05) is 6.61 Å². The van der Waals surface area contributed by atoms with Crippen molar-refractivity contribution in [1.29, 1.82) is 0 Å². The zero-order valence-electron chi connectivity index (χ0n) is 10.8. The summed E-state index contributed by atoms with van der Waals surface area (Å²) in [5.74, 6) is 1.73. The van der Waals surface area contributed by atoms with E-state index in [0.717, 1.165) is 47.9 Å². The van der Waals surface area contributed by atoms with E-state index in [2.05, 4.69) is 24.1 Å². The molecule has 0 aliphatic carbocycles. The van der Waals surface area contributed by atoms with Crippen molar-refractivity contribution in [3.63, 3.8) is 0 Å². The van der Waals surface area contributed by atoms with Gasteiger partial charge in [-0.3, -0.25) is 0 Å². The van der Waals surface area contributed by atoms with Crippen LogP contribution in [0.15, 0.2) is 24.3 Å². The van der Waals surface area contributed by atoms with Crippen molar-refractivity contribution in [2.45, 2.75) is 26.1 Å². The zero-order valence-corrected chi connectivity index (χ0v) is 11.7. The molecule has 0 radical (unpaired) electrons. The van der Waals surface area contributed by atoms with E-state index in [0.29, 0.717) is 0 Å². The SMILES string of the molecule is BCc1nc(-c2ccc(OCCCC)cc2)ns1. The first-order valence-corrected chi connectivity index (χ1v) is 7.16. The van der Waals surface area contributed by atoms with Crippen LogP contribution in [0.2, 0.25) is 0 Å². The smallest absolute Gasteiger partial charge is 0.172 e. The molecule has 0 unspecified atom stereocenters. The summed E-state index contributed by atoms with van der Waals surface area (Å²) < 4.78 is 9.98. The van der Waals surface area contributed by atoms with Crippen molar-refractivity contribution in [2.24, 2.45) is 0 Å². The maximum Gasteiger partial charge on any atom is 0.172 e. The number of nitrogens with zero attached hydrogens (tertiary/aromatic N) is 2. The van der Waals surface area contributed by atoms with Gasteiger partial charge in [0.05, 0.1) is 6.61 Å². The number of hydrogen-bond donors (Lipinski definition) is 0. The summed E-state index contributed by atoms with van der Waals surface area (Å²) in [5, 5.41) is 1.08. The number of unbranched alkanes of at least 4 members (excludes halogenated alkanes) is 1. The molecule has 0 saturated carbocycles. The Labute approximate surface area is 113 Å². The van der Waals surface area contributed by atoms with E-state index in [1.165, 1.54) is 11.5 Å². The first-order chi connectivity index (χ1) is 8.83. The average Bonchev–Trinajstić information content (AvgIpc) is 2.89. The molecule has 0 aliphatic rings. The molecule has 0 spiro atoms. The molecule has 3 nitrogen and oxygen atoms in total. The van der Waals surface area contributed by atoms with Gasteiger partial charge in [0.15, 0.2) is 5.82 Å². The molecule has 18 heavy (non-hydrogen) atoms. The van der Waals surface area contributed by atoms with Gasteiger partial charge in [-0.2, -0.15) is 4.37 Å². The Kier molecular flexibility index (Phi) is 4.76. The van der Waals surface area contributed by atoms with Crippen LogP contribution in [0.1, 0.15) is 24.8 Å². The fourth-order valence-corrected chi connectivity index (χ4v) is 2.14. The molecule has 0 aliphatic heterocycles. The highest BCUT2D eigenvalue weighted by molar-refractivity contribution is 7.05. The summed E-state index contributed by atoms with van der Waals surface area (Å²) in [4.78, 5) is 4.47. The van der Waals surface area contributed by atoms with Gasteiger partial charge in [-0.15, -0.1) is 0 Å². The van der Waals surface area contributed by atoms with Crippen LogP contribution in [0.4, 0.5) is 0 Å². The molecule has 0 fully saturated rings. The van der Waals surface area contributed by atoms with E-state index < -0.39 is 0 Å². The lowest BCUT2D eigenvalue weighted by Crippen LogP contribution is -1.96. The standard InChI is InChI=1S/C13H17BN2OS/c1-2-3-8-17-11-6-4-10(5-7-11)13-15-12(9-14)18-16-13/h4-7H,2-3,8-9,14H2,1H3. The van der Waals surface area contributed by atoms with Gasteiger partial charge in [-0.05, 0) is 48.5 Å². The van der Waals surface area contributed by atoms with Crippen LogP contribution in [0, 0.1) is 0 Å². The second-order valence-corrected chi connectivity index (χ2v) is 4.93. The highest BCUT2D eigenvalue weighted by Gasteiger charge is 2.05. The maximum atomic E-state index is 5.63. The molecule has 0 N–H and O–H groups in total. The van der Waals surface area contributed by atoms with E-state index in [9.17, 15) is 0 Å². The Morgan fingerprint density at radius 2 is 2.06 bits per heavy atom. The van der Waals surface area contributed by atoms with Crippen molar-refractivity contribution >= 4 is 19.4 Å². The van der Waals surface area contributed by atoms with Crippen molar-refractivity contribution in [3.8, 4) is 17.1 Å². The topological polar surface area (TPSA) is 35.0 Å². The summed E-state index contributed by atoms with van der Waals surface area (Å²) >= 11 is 1.47. The second kappa shape index (κ2) is 6.54. The molecule has 0 amide bonds. The van der Waals surface area contributed by atoms with E-state index in [1.54, 1.807) is 0 Å². The van der Waals surface area contributed by atoms with Gasteiger partial charge in [0, 0.05) is 5.56 Å². The van der Waals surface area contributed by atoms with Gasteiger partial charge < -0.3 is 4.74 Å². The number of hydrogen-bond acceptors (Lipinski definition) is 4. The van der Waals surface area contributed by atoms with Gasteiger partial charge in [-0.1, -0.05) is 13.3 Å². The summed E-state index contributed by atoms with van der Waals surface area (Å²) in [7, 11) is 2.09. The Hall–Kier alpha value is -1.36. The lowest BCUT2D eigenvalue weighted by molar-refractivity contribution is 0.309. The van der Waals surface area contributed by atoms with Crippen LogP contribution in [-0.4, -0.2) is 23.8 Å². The second-order valence-electron chi connectivity index (χ2n) is 4.09. The third-order valence-electron chi connectivity index (χ3n) is 2.65. The Balaban J connectivity index is 2.02. The Morgan fingerprint density at radius 1 is 1.28 bits per heavy atom. The normalized spacial score (nSPS) is 10.5. The first-order valence-electron chi connectivity index (χ1n) is 6.39. The number of ether oxygens (including phenoxy) is 1. The maximum absolute atomic E-state index is 5.63. The number of aromatic nitrogens is 2. The number of benzene rings is 1. The van der Waals surface area contributed by atoms with Crippen LogP contribution < -0.4 is 4.74 Å². The fraction of sp³-hybridized carbons (Fsp3) is 0.385. The van der Waals surface area contributed by atoms with E-state index >= 15 is 0 Å². The third-order valence-corrected chi connectivity index (χ3v) is 3.50. The average molecular weight is 260 g/mol. The predicted octanol–water partition coefficient (Wildman–Crippen LogP) is 2.52. The van der Waals surface area contributed by atoms with Gasteiger partial charge in [0.1, 0.15) is 18.6 Å². The zero-order chi connectivity index (χ0) is 12.8. The molecule has 0 atom stereocenters. The monoisotopic (exact) mass is 260 g/mol. The van der Waals surface area contributed by atoms with Crippen LogP contribution >= 0.6 is 11.5 Å². The molecule has 1 heterocycles. The summed E-state index contributed by atoms with van der Waals surface area (Å²) in [6, 6.07) is 8.00. The lowest BCUT2D eigenvalue weighted by atomic mass is 10.1. The third kappa shape index (κ3) is 3.32. The van der Waals surface area contributed by atoms with Gasteiger partial charge in [0.25, 0.3) is 0 Å². The van der Waals surface area contributed by atoms with E-state index in [-0.39, 0.29) is 0 Å². The van der Waals surface area contributed by atoms with Gasteiger partial charge in [0.2, 0.25) is 0 Å². The highest BCUT2D eigenvalue weighted by atomic mass is 32.1. The van der Waals surface area contributed by atoms with Crippen LogP contribution in [0.3, 0.4) is 0 Å². The van der Waals surface area contributed by atoms with Gasteiger partial charge in [-0.25, -0.2) is 4.98 Å². The van der Waals surface area contributed by atoms with Crippen LogP contribution in [0.5, 0.6) is 5.75 Å². The largest absolute Gasteiger partial charge is 0.494 e. The first kappa shape index (κ1) is 13.1. The van der Waals surface area contributed by atoms with Crippen LogP contribution in [-0.2, 0) is 6.32 Å². The van der Waals surface area contributed by atoms with Crippen molar-refractivity contribution < 1.29 is 4.74 Å². The molecule has 94 valence electrons. The highest BCUT2D eigenvalue weighted by Crippen LogP contribution is 2.21. The molecule has 5 heteroatoms. The van der Waals surface area contributed by atoms with Crippen molar-refractivity contribution in [1.82, 2.24) is 9.36 Å². The molecular formula is C13H17BN2OS. The van der Waals surface area contributed by atoms with E-state index in [4.69, 9.17) is 4.74 Å². The minimum atomic E-state index is 0.783. The fourth-order valence-electron chi connectivity index (χ4n) is 1.55. The lowest BCUT2D eigenvalue weighted by Gasteiger charge is -2.05. The molecule has 0 saturated heterocycles. The summed E-state index contributed by atoms with van der Waals surface area (Å²) in [6.07, 6.45) is 3.19. The number of rotatable bonds is 6. The molecular weight excluding hydrogens is 243 g/mol. The molecule has 1 aromatic carbocycles. The molecule has 2 aromatic rings. The van der Waals surface area contributed by atoms with Crippen molar-refractivity contribution in [3.05, 3.63) is 29.3 Å². The quantitative estimate of drug-likeness (QED) is 0.591. The predicted molar refractivity (Wildman–Crippen MR) is 78.0 cm³/mol. The van der Waals surface area contributed by atoms with E-state index in [1.807, 2.05) is 24.3 Å². The minimum absolute atomic E-state index is 0.783. The summed E-state index contributed by atoms with van der Waals surface area (Å²) in [5.41, 5.74) is 1.05. The molecule has 0 bridgehead atoms. The minimum Gasteiger partial charge on any atom is -0.494 e. The van der Waals surface area contributed by atoms with Gasteiger partial charge >= 0.3 is 0 Å².